The molecular weight excluding hydrogens is 259 g/mol. The summed E-state index contributed by atoms with van der Waals surface area (Å²) in [7, 11) is 2.07. The van der Waals surface area contributed by atoms with Crippen molar-refractivity contribution in [2.24, 2.45) is 0 Å². The summed E-state index contributed by atoms with van der Waals surface area (Å²) in [6, 6.07) is 0. The standard InChI is InChI=1S/C6H11IN2O2/c1-8-2-4-9(5-3-8)6(10)11-7/h2-5H2,1H3/p+1. The Bertz CT molecular complexity index is 162. The lowest BCUT2D eigenvalue weighted by atomic mass is 10.4. The Labute approximate surface area is 80.1 Å². The van der Waals surface area contributed by atoms with E-state index in [1.165, 1.54) is 0 Å². The van der Waals surface area contributed by atoms with Gasteiger partial charge in [-0.05, 0) is 7.05 Å². The number of piperazine rings is 1. The van der Waals surface area contributed by atoms with Gasteiger partial charge in [0.25, 0.3) is 0 Å². The fourth-order valence-electron chi connectivity index (χ4n) is 1.05. The van der Waals surface area contributed by atoms with Crippen molar-refractivity contribution in [3.05, 3.63) is 0 Å². The Balaban J connectivity index is 2.50. The normalized spacial score (nSPS) is 20.0. The minimum Gasteiger partial charge on any atom is -0.430 e. The zero-order chi connectivity index (χ0) is 8.27. The number of aliphatic hydroxyl groups excluding tert-OH is 1. The van der Waals surface area contributed by atoms with Crippen molar-refractivity contribution in [3.8, 4) is 0 Å². The number of nitrogens with zero attached hydrogens (tertiary/aromatic N) is 2. The van der Waals surface area contributed by atoms with Gasteiger partial charge < -0.3 is 8.17 Å². The van der Waals surface area contributed by atoms with E-state index in [0.717, 1.165) is 26.2 Å². The Morgan fingerprint density at radius 2 is 2.09 bits per heavy atom. The number of rotatable bonds is 0. The molecular formula is C6H12IN2O2+. The molecule has 0 aromatic rings. The smallest absolute Gasteiger partial charge is 0.430 e. The molecule has 0 radical (unpaired) electrons. The van der Waals surface area contributed by atoms with Gasteiger partial charge in [-0.1, -0.05) is 0 Å². The van der Waals surface area contributed by atoms with Gasteiger partial charge in [-0.15, -0.1) is 0 Å². The van der Waals surface area contributed by atoms with Crippen LogP contribution in [0.1, 0.15) is 0 Å². The molecule has 11 heavy (non-hydrogen) atoms. The highest BCUT2D eigenvalue weighted by molar-refractivity contribution is 14.1. The molecule has 1 aliphatic rings. The van der Waals surface area contributed by atoms with Crippen molar-refractivity contribution in [1.29, 1.82) is 0 Å². The molecule has 0 unspecified atom stereocenters. The molecule has 0 aliphatic carbocycles. The van der Waals surface area contributed by atoms with Gasteiger partial charge in [-0.25, -0.2) is 0 Å². The van der Waals surface area contributed by atoms with Gasteiger partial charge in [-0.3, -0.25) is 4.90 Å². The average Bonchev–Trinajstić information content (AvgIpc) is 2.05. The van der Waals surface area contributed by atoms with Crippen LogP contribution in [0.2, 0.25) is 0 Å². The molecule has 1 saturated heterocycles. The van der Waals surface area contributed by atoms with E-state index >= 15 is 0 Å². The molecule has 5 heteroatoms. The van der Waals surface area contributed by atoms with Crippen LogP contribution in [0.15, 0.2) is 0 Å². The number of likely N-dealkylation sites (N-methyl/N-ethyl adjacent to an activating group) is 1. The highest BCUT2D eigenvalue weighted by atomic mass is 127. The van der Waals surface area contributed by atoms with Gasteiger partial charge in [-0.2, -0.15) is 4.58 Å². The predicted molar refractivity (Wildman–Crippen MR) is 50.2 cm³/mol. The number of hydrogen-bond donors (Lipinski definition) is 1. The molecule has 0 bridgehead atoms. The van der Waals surface area contributed by atoms with Gasteiger partial charge in [0.1, 0.15) is 0 Å². The first kappa shape index (κ1) is 9.05. The lowest BCUT2D eigenvalue weighted by molar-refractivity contribution is -0.552. The van der Waals surface area contributed by atoms with E-state index in [2.05, 4.69) is 15.0 Å². The molecule has 1 rings (SSSR count). The zero-order valence-electron chi connectivity index (χ0n) is 6.46. The maximum Gasteiger partial charge on any atom is 0.556 e. The van der Waals surface area contributed by atoms with Crippen LogP contribution < -0.4 is 0 Å². The van der Waals surface area contributed by atoms with Crippen LogP contribution in [0, 0.1) is 0 Å². The van der Waals surface area contributed by atoms with E-state index in [9.17, 15) is 0 Å². The molecule has 4 nitrogen and oxygen atoms in total. The highest BCUT2D eigenvalue weighted by Gasteiger charge is 2.20. The minimum absolute atomic E-state index is 0.0266. The summed E-state index contributed by atoms with van der Waals surface area (Å²) in [5.41, 5.74) is 0. The van der Waals surface area contributed by atoms with Crippen LogP contribution in [0.4, 0.5) is 0 Å². The van der Waals surface area contributed by atoms with Crippen molar-refractivity contribution in [3.63, 3.8) is 0 Å². The van der Waals surface area contributed by atoms with Crippen molar-refractivity contribution >= 4 is 29.1 Å². The van der Waals surface area contributed by atoms with Gasteiger partial charge in [0, 0.05) is 0 Å². The van der Waals surface area contributed by atoms with Crippen molar-refractivity contribution in [1.82, 2.24) is 4.90 Å². The lowest BCUT2D eigenvalue weighted by Gasteiger charge is -2.19. The largest absolute Gasteiger partial charge is 0.556 e. The average molecular weight is 271 g/mol. The van der Waals surface area contributed by atoms with Gasteiger partial charge >= 0.3 is 6.08 Å². The van der Waals surface area contributed by atoms with Crippen LogP contribution in [-0.2, 0) is 3.07 Å². The number of aliphatic hydroxyl groups is 1. The topological polar surface area (TPSA) is 35.7 Å². The third kappa shape index (κ3) is 2.48. The summed E-state index contributed by atoms with van der Waals surface area (Å²) in [4.78, 5) is 2.22. The maximum absolute atomic E-state index is 9.16. The summed E-state index contributed by atoms with van der Waals surface area (Å²) in [6.07, 6.45) is 0.0266. The van der Waals surface area contributed by atoms with Crippen molar-refractivity contribution in [2.45, 2.75) is 0 Å². The Morgan fingerprint density at radius 3 is 2.55 bits per heavy atom. The maximum atomic E-state index is 9.16. The van der Waals surface area contributed by atoms with E-state index in [-0.39, 0.29) is 6.08 Å². The van der Waals surface area contributed by atoms with Crippen LogP contribution in [0.25, 0.3) is 0 Å². The van der Waals surface area contributed by atoms with E-state index in [4.69, 9.17) is 5.11 Å². The molecule has 64 valence electrons. The summed E-state index contributed by atoms with van der Waals surface area (Å²) >= 11 is 1.68. The third-order valence-electron chi connectivity index (χ3n) is 1.84. The summed E-state index contributed by atoms with van der Waals surface area (Å²) < 4.78 is 6.50. The molecule has 0 aromatic carbocycles. The molecule has 1 aliphatic heterocycles. The van der Waals surface area contributed by atoms with E-state index in [0.29, 0.717) is 0 Å². The van der Waals surface area contributed by atoms with E-state index in [1.807, 2.05) is 4.58 Å². The predicted octanol–water partition coefficient (Wildman–Crippen LogP) is 0.225. The molecule has 1 fully saturated rings. The number of hydrogen-bond acceptors (Lipinski definition) is 2. The van der Waals surface area contributed by atoms with Gasteiger partial charge in [0.2, 0.25) is 23.0 Å². The van der Waals surface area contributed by atoms with Crippen molar-refractivity contribution in [2.75, 3.05) is 33.2 Å². The lowest BCUT2D eigenvalue weighted by Crippen LogP contribution is -2.42. The van der Waals surface area contributed by atoms with Gasteiger partial charge in [0.15, 0.2) is 13.1 Å². The first-order chi connectivity index (χ1) is 5.24. The second kappa shape index (κ2) is 4.10. The first-order valence-corrected chi connectivity index (χ1v) is 4.40. The molecule has 0 spiro atoms. The van der Waals surface area contributed by atoms with Crippen LogP contribution >= 0.6 is 23.0 Å². The Hall–Kier alpha value is -0.0400. The third-order valence-corrected chi connectivity index (χ3v) is 2.24. The Kier molecular flexibility index (Phi) is 3.38. The first-order valence-electron chi connectivity index (χ1n) is 3.52. The highest BCUT2D eigenvalue weighted by Crippen LogP contribution is 1.95. The van der Waals surface area contributed by atoms with Gasteiger partial charge in [0.05, 0.1) is 13.1 Å². The molecule has 0 atom stereocenters. The fourth-order valence-corrected chi connectivity index (χ4v) is 1.33. The number of halogens is 1. The van der Waals surface area contributed by atoms with Crippen LogP contribution in [0.3, 0.4) is 0 Å². The summed E-state index contributed by atoms with van der Waals surface area (Å²) in [6.45, 7) is 3.63. The zero-order valence-corrected chi connectivity index (χ0v) is 8.61. The summed E-state index contributed by atoms with van der Waals surface area (Å²) in [5.74, 6) is 0. The van der Waals surface area contributed by atoms with Crippen LogP contribution in [-0.4, -0.2) is 53.9 Å². The second-order valence-electron chi connectivity index (χ2n) is 2.65. The fraction of sp³-hybridized carbons (Fsp3) is 0.833. The quantitative estimate of drug-likeness (QED) is 0.389. The van der Waals surface area contributed by atoms with Crippen molar-refractivity contribution < 1.29 is 12.7 Å². The molecule has 1 N–H and O–H groups in total. The monoisotopic (exact) mass is 271 g/mol. The summed E-state index contributed by atoms with van der Waals surface area (Å²) in [5, 5.41) is 9.16. The molecule has 0 saturated carbocycles. The SMILES string of the molecule is CN1CC[N+](=C(O)OI)CC1. The molecule has 0 amide bonds. The van der Waals surface area contributed by atoms with Crippen LogP contribution in [0.5, 0.6) is 0 Å². The molecule has 0 aromatic heterocycles. The van der Waals surface area contributed by atoms with E-state index in [1.54, 1.807) is 23.0 Å². The molecule has 1 heterocycles. The van der Waals surface area contributed by atoms with E-state index < -0.39 is 0 Å². The Morgan fingerprint density at radius 1 is 1.55 bits per heavy atom. The minimum atomic E-state index is 0.0266. The second-order valence-corrected chi connectivity index (χ2v) is 3.09.